The van der Waals surface area contributed by atoms with E-state index in [0.717, 1.165) is 46.9 Å². The highest BCUT2D eigenvalue weighted by Crippen LogP contribution is 2.47. The molecule has 0 spiro atoms. The third-order valence-corrected chi connectivity index (χ3v) is 6.99. The molecule has 2 aromatic carbocycles. The molecule has 2 aliphatic rings. The van der Waals surface area contributed by atoms with Crippen LogP contribution in [-0.4, -0.2) is 0 Å². The summed E-state index contributed by atoms with van der Waals surface area (Å²) in [6, 6.07) is 10.5. The van der Waals surface area contributed by atoms with Gasteiger partial charge in [-0.2, -0.15) is 0 Å². The monoisotopic (exact) mass is 350 g/mol. The van der Waals surface area contributed by atoms with Gasteiger partial charge in [-0.3, -0.25) is 0 Å². The summed E-state index contributed by atoms with van der Waals surface area (Å²) in [7, 11) is 0. The van der Waals surface area contributed by atoms with Crippen LogP contribution in [0.25, 0.3) is 10.8 Å². The van der Waals surface area contributed by atoms with Crippen molar-refractivity contribution >= 4 is 10.8 Å². The van der Waals surface area contributed by atoms with E-state index in [1.165, 1.54) is 44.1 Å². The van der Waals surface area contributed by atoms with Crippen molar-refractivity contribution in [3.05, 3.63) is 59.9 Å². The summed E-state index contributed by atoms with van der Waals surface area (Å²) in [6.07, 6.45) is 11.7. The van der Waals surface area contributed by atoms with Crippen molar-refractivity contribution in [2.75, 3.05) is 0 Å². The van der Waals surface area contributed by atoms with E-state index in [4.69, 9.17) is 0 Å². The third kappa shape index (κ3) is 3.59. The van der Waals surface area contributed by atoms with Crippen LogP contribution in [0.3, 0.4) is 0 Å². The number of aryl methyl sites for hydroxylation is 1. The predicted molar refractivity (Wildman–Crippen MR) is 109 cm³/mol. The lowest BCUT2D eigenvalue weighted by Crippen LogP contribution is -2.29. The first-order valence-electron chi connectivity index (χ1n) is 10.5. The Morgan fingerprint density at radius 2 is 1.81 bits per heavy atom. The Hall–Kier alpha value is -1.63. The van der Waals surface area contributed by atoms with Crippen LogP contribution in [0.4, 0.5) is 4.39 Å². The molecule has 4 atom stereocenters. The molecule has 2 aliphatic carbocycles. The molecular weight excluding hydrogens is 319 g/mol. The van der Waals surface area contributed by atoms with Gasteiger partial charge >= 0.3 is 0 Å². The second-order valence-electron chi connectivity index (χ2n) is 8.83. The highest BCUT2D eigenvalue weighted by Gasteiger charge is 2.34. The molecule has 4 unspecified atom stereocenters. The Kier molecular flexibility index (Phi) is 5.16. The van der Waals surface area contributed by atoms with Crippen molar-refractivity contribution in [1.29, 1.82) is 0 Å². The summed E-state index contributed by atoms with van der Waals surface area (Å²) in [6.45, 7) is 6.16. The second kappa shape index (κ2) is 7.55. The molecule has 2 fully saturated rings. The van der Waals surface area contributed by atoms with E-state index in [2.05, 4.69) is 31.7 Å². The van der Waals surface area contributed by atoms with Gasteiger partial charge in [-0.15, -0.1) is 6.58 Å². The summed E-state index contributed by atoms with van der Waals surface area (Å²) >= 11 is 0. The average molecular weight is 351 g/mol. The van der Waals surface area contributed by atoms with E-state index >= 15 is 0 Å². The van der Waals surface area contributed by atoms with E-state index in [1.54, 1.807) is 6.07 Å². The molecule has 26 heavy (non-hydrogen) atoms. The maximum atomic E-state index is 14.4. The van der Waals surface area contributed by atoms with E-state index in [1.807, 2.05) is 12.1 Å². The summed E-state index contributed by atoms with van der Waals surface area (Å²) in [5, 5.41) is 2.22. The van der Waals surface area contributed by atoms with E-state index in [0.29, 0.717) is 5.92 Å². The molecule has 0 aromatic heterocycles. The molecule has 4 rings (SSSR count). The van der Waals surface area contributed by atoms with Gasteiger partial charge in [-0.05, 0) is 103 Å². The molecule has 0 aliphatic heterocycles. The van der Waals surface area contributed by atoms with E-state index in [-0.39, 0.29) is 5.82 Å². The Labute approximate surface area is 157 Å². The lowest BCUT2D eigenvalue weighted by atomic mass is 9.64. The van der Waals surface area contributed by atoms with Crippen molar-refractivity contribution in [3.63, 3.8) is 0 Å². The lowest BCUT2D eigenvalue weighted by molar-refractivity contribution is 0.124. The van der Waals surface area contributed by atoms with Gasteiger partial charge in [0.15, 0.2) is 0 Å². The first kappa shape index (κ1) is 17.8. The molecule has 0 amide bonds. The smallest absolute Gasteiger partial charge is 0.127 e. The van der Waals surface area contributed by atoms with E-state index in [9.17, 15) is 4.39 Å². The first-order chi connectivity index (χ1) is 12.6. The minimum Gasteiger partial charge on any atom is -0.207 e. The van der Waals surface area contributed by atoms with Crippen LogP contribution in [0.5, 0.6) is 0 Å². The van der Waals surface area contributed by atoms with Gasteiger partial charge in [0.25, 0.3) is 0 Å². The molecular formula is C25H31F. The lowest BCUT2D eigenvalue weighted by Gasteiger charge is -2.41. The highest BCUT2D eigenvalue weighted by atomic mass is 19.1. The molecule has 0 nitrogen and oxygen atoms in total. The van der Waals surface area contributed by atoms with Gasteiger partial charge < -0.3 is 0 Å². The Morgan fingerprint density at radius 1 is 1.00 bits per heavy atom. The van der Waals surface area contributed by atoms with Crippen LogP contribution in [0.1, 0.15) is 68.9 Å². The fraction of sp³-hybridized carbons (Fsp3) is 0.520. The van der Waals surface area contributed by atoms with Crippen molar-refractivity contribution < 1.29 is 4.39 Å². The Balaban J connectivity index is 1.55. The number of hydrogen-bond donors (Lipinski definition) is 0. The molecule has 2 aromatic rings. The van der Waals surface area contributed by atoms with Crippen molar-refractivity contribution in [2.24, 2.45) is 17.8 Å². The summed E-state index contributed by atoms with van der Waals surface area (Å²) in [5.41, 5.74) is 2.23. The van der Waals surface area contributed by atoms with Crippen LogP contribution < -0.4 is 0 Å². The molecule has 138 valence electrons. The minimum absolute atomic E-state index is 0.0681. The number of rotatable bonds is 4. The molecule has 0 saturated heterocycles. The largest absolute Gasteiger partial charge is 0.207 e. The standard InChI is InChI=1S/C25H31F/c1-3-4-5-23-14-22-11-10-21(15-24(22)16-25(23)26)20-9-8-18-12-17(2)6-7-19(18)13-20/h3,10-11,14-20H,1,4-9,12-13H2,2H3. The number of halogens is 1. The van der Waals surface area contributed by atoms with Gasteiger partial charge in [0, 0.05) is 0 Å². The van der Waals surface area contributed by atoms with Crippen LogP contribution in [0.15, 0.2) is 43.0 Å². The average Bonchev–Trinajstić information content (AvgIpc) is 2.65. The SMILES string of the molecule is C=CCCc1cc2ccc(C3CCC4CC(C)CCC4C3)cc2cc1F. The third-order valence-electron chi connectivity index (χ3n) is 6.99. The number of fused-ring (bicyclic) bond motifs is 2. The molecule has 0 radical (unpaired) electrons. The maximum Gasteiger partial charge on any atom is 0.127 e. The normalized spacial score (nSPS) is 28.7. The van der Waals surface area contributed by atoms with Gasteiger partial charge in [0.05, 0.1) is 0 Å². The van der Waals surface area contributed by atoms with E-state index < -0.39 is 0 Å². The van der Waals surface area contributed by atoms with Crippen molar-refractivity contribution in [1.82, 2.24) is 0 Å². The van der Waals surface area contributed by atoms with Crippen LogP contribution >= 0.6 is 0 Å². The summed E-state index contributed by atoms with van der Waals surface area (Å²) in [4.78, 5) is 0. The van der Waals surface area contributed by atoms with Crippen LogP contribution in [-0.2, 0) is 6.42 Å². The van der Waals surface area contributed by atoms with Gasteiger partial charge in [0.1, 0.15) is 5.82 Å². The minimum atomic E-state index is -0.0681. The first-order valence-corrected chi connectivity index (χ1v) is 10.5. The Morgan fingerprint density at radius 3 is 2.65 bits per heavy atom. The predicted octanol–water partition coefficient (Wildman–Crippen LogP) is 7.42. The quantitative estimate of drug-likeness (QED) is 0.503. The van der Waals surface area contributed by atoms with Gasteiger partial charge in [-0.1, -0.05) is 37.6 Å². The second-order valence-corrected chi connectivity index (χ2v) is 8.83. The van der Waals surface area contributed by atoms with Crippen molar-refractivity contribution in [3.8, 4) is 0 Å². The van der Waals surface area contributed by atoms with Gasteiger partial charge in [-0.25, -0.2) is 4.39 Å². The zero-order valence-corrected chi connectivity index (χ0v) is 16.0. The molecule has 2 saturated carbocycles. The molecule has 0 heterocycles. The molecule has 0 N–H and O–H groups in total. The summed E-state index contributed by atoms with van der Waals surface area (Å²) < 4.78 is 14.4. The highest BCUT2D eigenvalue weighted by molar-refractivity contribution is 5.84. The zero-order chi connectivity index (χ0) is 18.1. The molecule has 1 heteroatoms. The molecule has 0 bridgehead atoms. The fourth-order valence-electron chi connectivity index (χ4n) is 5.47. The van der Waals surface area contributed by atoms with Crippen LogP contribution in [0, 0.1) is 23.6 Å². The fourth-order valence-corrected chi connectivity index (χ4v) is 5.47. The van der Waals surface area contributed by atoms with Crippen LogP contribution in [0.2, 0.25) is 0 Å². The van der Waals surface area contributed by atoms with Crippen molar-refractivity contribution in [2.45, 2.75) is 64.2 Å². The Bertz CT molecular complexity index is 790. The maximum absolute atomic E-state index is 14.4. The topological polar surface area (TPSA) is 0 Å². The number of hydrogen-bond acceptors (Lipinski definition) is 0. The van der Waals surface area contributed by atoms with Gasteiger partial charge in [0.2, 0.25) is 0 Å². The zero-order valence-electron chi connectivity index (χ0n) is 16.0. The number of allylic oxidation sites excluding steroid dienone is 1. The summed E-state index contributed by atoms with van der Waals surface area (Å²) in [5.74, 6) is 3.39. The number of benzene rings is 2.